The average molecular weight is 408 g/mol. The van der Waals surface area contributed by atoms with Crippen LogP contribution < -0.4 is 0 Å². The first-order valence-corrected chi connectivity index (χ1v) is 10.2. The molecule has 3 heteroatoms. The van der Waals surface area contributed by atoms with Gasteiger partial charge in [-0.05, 0) is 30.2 Å². The van der Waals surface area contributed by atoms with Crippen LogP contribution in [0.5, 0.6) is 0 Å². The van der Waals surface area contributed by atoms with Crippen molar-refractivity contribution in [1.29, 1.82) is 0 Å². The van der Waals surface area contributed by atoms with Crippen LogP contribution >= 0.6 is 0 Å². The molecule has 3 nitrogen and oxygen atoms in total. The summed E-state index contributed by atoms with van der Waals surface area (Å²) in [4.78, 5) is 13.0. The molecule has 0 aliphatic heterocycles. The lowest BCUT2D eigenvalue weighted by Crippen LogP contribution is -2.38. The Balaban J connectivity index is 2.08. The monoisotopic (exact) mass is 407 g/mol. The Morgan fingerprint density at radius 2 is 1.52 bits per heavy atom. The van der Waals surface area contributed by atoms with E-state index in [9.17, 15) is 9.90 Å². The third kappa shape index (κ3) is 5.71. The summed E-state index contributed by atoms with van der Waals surface area (Å²) in [6.07, 6.45) is 5.90. The second-order valence-corrected chi connectivity index (χ2v) is 7.29. The van der Waals surface area contributed by atoms with Gasteiger partial charge in [0.1, 0.15) is 6.29 Å². The molecule has 3 rings (SSSR count). The number of carbonyl (C=O) groups is 1. The molecule has 3 unspecified atom stereocenters. The second-order valence-electron chi connectivity index (χ2n) is 7.29. The molecule has 31 heavy (non-hydrogen) atoms. The number of carbonyl (C=O) groups excluding carboxylic acids is 1. The lowest BCUT2D eigenvalue weighted by Gasteiger charge is -2.36. The van der Waals surface area contributed by atoms with Gasteiger partial charge in [-0.1, -0.05) is 90.6 Å². The van der Waals surface area contributed by atoms with Gasteiger partial charge < -0.3 is 5.11 Å². The molecule has 0 aliphatic rings. The van der Waals surface area contributed by atoms with E-state index in [1.165, 1.54) is 0 Å². The summed E-state index contributed by atoms with van der Waals surface area (Å²) in [5.41, 5.74) is 3.39. The maximum Gasteiger partial charge on any atom is 0.150 e. The standard InChI is InChI=1S/C28H25NO2/c1-3-20-29(28(22(2)31)26-12-8-5-9-13-26)27(25-10-6-4-7-11-25)19-18-23-14-16-24(21-30)17-15-23/h1,4-17,21-22,27-28,31H,20H2,2H3. The van der Waals surface area contributed by atoms with Crippen LogP contribution in [0.4, 0.5) is 0 Å². The number of aliphatic hydroxyl groups is 1. The predicted molar refractivity (Wildman–Crippen MR) is 124 cm³/mol. The molecule has 0 saturated carbocycles. The van der Waals surface area contributed by atoms with E-state index in [0.29, 0.717) is 12.1 Å². The molecule has 0 heterocycles. The Labute approximate surface area is 184 Å². The van der Waals surface area contributed by atoms with Crippen LogP contribution in [-0.4, -0.2) is 28.9 Å². The summed E-state index contributed by atoms with van der Waals surface area (Å²) in [6, 6.07) is 26.3. The predicted octanol–water partition coefficient (Wildman–Crippen LogP) is 4.65. The van der Waals surface area contributed by atoms with E-state index in [2.05, 4.69) is 22.7 Å². The molecule has 0 amide bonds. The molecular weight excluding hydrogens is 382 g/mol. The van der Waals surface area contributed by atoms with Crippen LogP contribution in [0.2, 0.25) is 0 Å². The van der Waals surface area contributed by atoms with Gasteiger partial charge in [0.05, 0.1) is 24.7 Å². The van der Waals surface area contributed by atoms with E-state index in [0.717, 1.165) is 23.0 Å². The van der Waals surface area contributed by atoms with Crippen LogP contribution in [0.1, 0.15) is 46.1 Å². The number of terminal acetylenes is 1. The van der Waals surface area contributed by atoms with Crippen LogP contribution in [0, 0.1) is 24.2 Å². The maximum absolute atomic E-state index is 10.9. The minimum absolute atomic E-state index is 0.322. The fourth-order valence-corrected chi connectivity index (χ4v) is 3.64. The summed E-state index contributed by atoms with van der Waals surface area (Å²) in [7, 11) is 0. The largest absolute Gasteiger partial charge is 0.391 e. The van der Waals surface area contributed by atoms with E-state index < -0.39 is 6.10 Å². The van der Waals surface area contributed by atoms with E-state index in [4.69, 9.17) is 6.42 Å². The van der Waals surface area contributed by atoms with Gasteiger partial charge in [-0.15, -0.1) is 6.42 Å². The van der Waals surface area contributed by atoms with Crippen molar-refractivity contribution < 1.29 is 9.90 Å². The Hall–Kier alpha value is -3.63. The first kappa shape index (κ1) is 22.1. The lowest BCUT2D eigenvalue weighted by molar-refractivity contribution is 0.0546. The second kappa shape index (κ2) is 11.0. The highest BCUT2D eigenvalue weighted by molar-refractivity contribution is 5.74. The third-order valence-electron chi connectivity index (χ3n) is 5.08. The van der Waals surface area contributed by atoms with E-state index in [1.807, 2.05) is 72.8 Å². The Morgan fingerprint density at radius 3 is 2.03 bits per heavy atom. The summed E-state index contributed by atoms with van der Waals surface area (Å²) < 4.78 is 0. The van der Waals surface area contributed by atoms with Crippen molar-refractivity contribution in [3.05, 3.63) is 107 Å². The highest BCUT2D eigenvalue weighted by atomic mass is 16.3. The number of benzene rings is 3. The quantitative estimate of drug-likeness (QED) is 0.458. The van der Waals surface area contributed by atoms with Crippen molar-refractivity contribution in [3.63, 3.8) is 0 Å². The fraction of sp³-hybridized carbons (Fsp3) is 0.179. The minimum atomic E-state index is -0.657. The zero-order chi connectivity index (χ0) is 22.1. The summed E-state index contributed by atoms with van der Waals surface area (Å²) in [6.45, 7) is 2.09. The Kier molecular flexibility index (Phi) is 7.79. The van der Waals surface area contributed by atoms with E-state index in [1.54, 1.807) is 19.1 Å². The van der Waals surface area contributed by atoms with Gasteiger partial charge in [0.15, 0.2) is 0 Å². The van der Waals surface area contributed by atoms with Crippen LogP contribution in [0.25, 0.3) is 0 Å². The number of aliphatic hydroxyl groups excluding tert-OH is 1. The number of nitrogens with zero attached hydrogens (tertiary/aromatic N) is 1. The smallest absolute Gasteiger partial charge is 0.150 e. The molecule has 0 fully saturated rings. The molecule has 3 aromatic carbocycles. The van der Waals surface area contributed by atoms with E-state index in [-0.39, 0.29) is 12.1 Å². The fourth-order valence-electron chi connectivity index (χ4n) is 3.64. The molecule has 0 aliphatic carbocycles. The molecule has 0 radical (unpaired) electrons. The molecule has 3 aromatic rings. The van der Waals surface area contributed by atoms with Crippen molar-refractivity contribution >= 4 is 6.29 Å². The molecule has 1 N–H and O–H groups in total. The average Bonchev–Trinajstić information content (AvgIpc) is 2.81. The highest BCUT2D eigenvalue weighted by Gasteiger charge is 2.30. The van der Waals surface area contributed by atoms with Crippen molar-refractivity contribution in [2.75, 3.05) is 6.54 Å². The highest BCUT2D eigenvalue weighted by Crippen LogP contribution is 2.32. The summed E-state index contributed by atoms with van der Waals surface area (Å²) in [5, 5.41) is 10.7. The zero-order valence-corrected chi connectivity index (χ0v) is 17.5. The normalized spacial score (nSPS) is 13.4. The van der Waals surface area contributed by atoms with Gasteiger partial charge in [0, 0.05) is 11.1 Å². The van der Waals surface area contributed by atoms with Gasteiger partial charge in [-0.2, -0.15) is 0 Å². The molecule has 0 saturated heterocycles. The third-order valence-corrected chi connectivity index (χ3v) is 5.08. The molecule has 0 spiro atoms. The summed E-state index contributed by atoms with van der Waals surface area (Å²) in [5.74, 6) is 9.33. The first-order chi connectivity index (χ1) is 15.1. The maximum atomic E-state index is 10.9. The molecule has 154 valence electrons. The van der Waals surface area contributed by atoms with Crippen molar-refractivity contribution in [3.8, 4) is 24.2 Å². The molecule has 0 aromatic heterocycles. The Morgan fingerprint density at radius 1 is 0.935 bits per heavy atom. The number of rotatable bonds is 7. The van der Waals surface area contributed by atoms with Crippen LogP contribution in [0.3, 0.4) is 0 Å². The van der Waals surface area contributed by atoms with Crippen LogP contribution in [0.15, 0.2) is 84.9 Å². The molecular formula is C28H25NO2. The molecule has 3 atom stereocenters. The molecule has 0 bridgehead atoms. The number of hydrogen-bond acceptors (Lipinski definition) is 3. The van der Waals surface area contributed by atoms with Gasteiger partial charge in [0.2, 0.25) is 0 Å². The minimum Gasteiger partial charge on any atom is -0.391 e. The lowest BCUT2D eigenvalue weighted by atomic mass is 9.96. The van der Waals surface area contributed by atoms with Gasteiger partial charge >= 0.3 is 0 Å². The van der Waals surface area contributed by atoms with Crippen molar-refractivity contribution in [2.24, 2.45) is 0 Å². The van der Waals surface area contributed by atoms with Gasteiger partial charge in [-0.25, -0.2) is 0 Å². The van der Waals surface area contributed by atoms with E-state index >= 15 is 0 Å². The number of hydrogen-bond donors (Lipinski definition) is 1. The van der Waals surface area contributed by atoms with Crippen molar-refractivity contribution in [2.45, 2.75) is 25.1 Å². The SMILES string of the molecule is C#CCN(C(C#Cc1ccc(C=O)cc1)c1ccccc1)C(c1ccccc1)C(C)O. The first-order valence-electron chi connectivity index (χ1n) is 10.2. The van der Waals surface area contributed by atoms with Crippen LogP contribution in [-0.2, 0) is 0 Å². The Bertz CT molecular complexity index is 1070. The summed E-state index contributed by atoms with van der Waals surface area (Å²) >= 11 is 0. The number of aldehydes is 1. The topological polar surface area (TPSA) is 40.5 Å². The van der Waals surface area contributed by atoms with Gasteiger partial charge in [-0.3, -0.25) is 9.69 Å². The van der Waals surface area contributed by atoms with Crippen molar-refractivity contribution in [1.82, 2.24) is 4.90 Å². The van der Waals surface area contributed by atoms with Gasteiger partial charge in [0.25, 0.3) is 0 Å². The zero-order valence-electron chi connectivity index (χ0n) is 17.5.